The lowest BCUT2D eigenvalue weighted by molar-refractivity contribution is 0.396. The van der Waals surface area contributed by atoms with Crippen LogP contribution < -0.4 is 5.73 Å². The van der Waals surface area contributed by atoms with E-state index < -0.39 is 0 Å². The van der Waals surface area contributed by atoms with Gasteiger partial charge in [0.1, 0.15) is 0 Å². The van der Waals surface area contributed by atoms with Crippen LogP contribution in [0.5, 0.6) is 0 Å². The molecule has 1 atom stereocenters. The number of unbranched alkanes of at least 4 members (excludes halogenated alkanes) is 1. The zero-order chi connectivity index (χ0) is 13.0. The van der Waals surface area contributed by atoms with Crippen molar-refractivity contribution in [2.75, 3.05) is 5.73 Å². The van der Waals surface area contributed by atoms with Crippen molar-refractivity contribution in [2.24, 2.45) is 5.92 Å². The minimum absolute atomic E-state index is 0.764. The van der Waals surface area contributed by atoms with Crippen LogP contribution in [0.4, 0.5) is 5.69 Å². The van der Waals surface area contributed by atoms with Crippen LogP contribution in [0.25, 0.3) is 10.9 Å². The second-order valence-electron chi connectivity index (χ2n) is 5.17. The summed E-state index contributed by atoms with van der Waals surface area (Å²) in [6.45, 7) is 5.64. The maximum Gasteiger partial charge on any atom is 0.0713 e. The number of nitrogens with zero attached hydrogens (tertiary/aromatic N) is 1. The summed E-state index contributed by atoms with van der Waals surface area (Å²) < 4.78 is 2.33. The van der Waals surface area contributed by atoms with Gasteiger partial charge in [0.05, 0.1) is 11.2 Å². The Kier molecular flexibility index (Phi) is 4.29. The summed E-state index contributed by atoms with van der Waals surface area (Å²) >= 11 is 0. The zero-order valence-electron chi connectivity index (χ0n) is 11.5. The van der Waals surface area contributed by atoms with E-state index in [9.17, 15) is 0 Å². The quantitative estimate of drug-likeness (QED) is 0.748. The van der Waals surface area contributed by atoms with E-state index in [4.69, 9.17) is 5.73 Å². The number of benzene rings is 1. The van der Waals surface area contributed by atoms with Crippen molar-refractivity contribution in [3.8, 4) is 0 Å². The van der Waals surface area contributed by atoms with Gasteiger partial charge in [-0.25, -0.2) is 0 Å². The third-order valence-corrected chi connectivity index (χ3v) is 3.82. The van der Waals surface area contributed by atoms with Crippen molar-refractivity contribution >= 4 is 16.6 Å². The van der Waals surface area contributed by atoms with E-state index in [1.165, 1.54) is 36.6 Å². The van der Waals surface area contributed by atoms with Crippen LogP contribution in [0.15, 0.2) is 30.5 Å². The highest BCUT2D eigenvalue weighted by atomic mass is 15.0. The van der Waals surface area contributed by atoms with E-state index in [1.807, 2.05) is 12.1 Å². The molecule has 0 fully saturated rings. The molecule has 2 rings (SSSR count). The minimum atomic E-state index is 0.764. The van der Waals surface area contributed by atoms with Crippen molar-refractivity contribution in [1.29, 1.82) is 0 Å². The lowest BCUT2D eigenvalue weighted by Gasteiger charge is -2.16. The Labute approximate surface area is 110 Å². The number of hydrogen-bond donors (Lipinski definition) is 1. The highest BCUT2D eigenvalue weighted by molar-refractivity contribution is 5.90. The Morgan fingerprint density at radius 2 is 2.06 bits per heavy atom. The Hall–Kier alpha value is -1.44. The summed E-state index contributed by atoms with van der Waals surface area (Å²) in [6.07, 6.45) is 7.35. The summed E-state index contributed by atoms with van der Waals surface area (Å²) in [5, 5.41) is 1.25. The molecule has 2 heteroatoms. The number of para-hydroxylation sites is 1. The molecule has 1 aromatic heterocycles. The van der Waals surface area contributed by atoms with Crippen LogP contribution in [0, 0.1) is 5.92 Å². The molecule has 1 aromatic carbocycles. The predicted octanol–water partition coefficient (Wildman–Crippen LogP) is 4.44. The van der Waals surface area contributed by atoms with Gasteiger partial charge < -0.3 is 10.3 Å². The summed E-state index contributed by atoms with van der Waals surface area (Å²) in [5.74, 6) is 0.764. The molecule has 98 valence electrons. The van der Waals surface area contributed by atoms with Gasteiger partial charge in [-0.1, -0.05) is 45.2 Å². The monoisotopic (exact) mass is 244 g/mol. The zero-order valence-corrected chi connectivity index (χ0v) is 11.5. The minimum Gasteiger partial charge on any atom is -0.397 e. The van der Waals surface area contributed by atoms with Gasteiger partial charge in [-0.15, -0.1) is 0 Å². The Balaban J connectivity index is 2.20. The lowest BCUT2D eigenvalue weighted by Crippen LogP contribution is -2.10. The first kappa shape index (κ1) is 13.0. The molecule has 0 amide bonds. The van der Waals surface area contributed by atoms with Gasteiger partial charge in [-0.05, 0) is 24.5 Å². The highest BCUT2D eigenvalue weighted by Crippen LogP contribution is 2.24. The molecule has 2 N–H and O–H groups in total. The molecule has 0 radical (unpaired) electrons. The maximum atomic E-state index is 6.10. The normalized spacial score (nSPS) is 13.0. The van der Waals surface area contributed by atoms with Gasteiger partial charge in [-0.2, -0.15) is 0 Å². The fraction of sp³-hybridized carbons (Fsp3) is 0.500. The van der Waals surface area contributed by atoms with Crippen molar-refractivity contribution in [3.05, 3.63) is 30.5 Å². The maximum absolute atomic E-state index is 6.10. The van der Waals surface area contributed by atoms with Crippen molar-refractivity contribution in [1.82, 2.24) is 4.57 Å². The largest absolute Gasteiger partial charge is 0.397 e. The lowest BCUT2D eigenvalue weighted by atomic mass is 9.99. The van der Waals surface area contributed by atoms with Crippen LogP contribution in [-0.4, -0.2) is 4.57 Å². The SMILES string of the molecule is CCCCC(CC)Cn1ccc2cccc(N)c21. The standard InChI is InChI=1S/C16H24N2/c1-3-5-7-13(4-2)12-18-11-10-14-8-6-9-15(17)16(14)18/h6,8-11,13H,3-5,7,12,17H2,1-2H3. The third-order valence-electron chi connectivity index (χ3n) is 3.82. The third kappa shape index (κ3) is 2.69. The number of hydrogen-bond acceptors (Lipinski definition) is 1. The Bertz CT molecular complexity index is 499. The number of aromatic nitrogens is 1. The summed E-state index contributed by atoms with van der Waals surface area (Å²) in [7, 11) is 0. The average molecular weight is 244 g/mol. The van der Waals surface area contributed by atoms with Gasteiger partial charge in [0.15, 0.2) is 0 Å². The smallest absolute Gasteiger partial charge is 0.0713 e. The molecule has 0 saturated heterocycles. The van der Waals surface area contributed by atoms with Crippen molar-refractivity contribution in [3.63, 3.8) is 0 Å². The number of anilines is 1. The van der Waals surface area contributed by atoms with E-state index in [0.29, 0.717) is 0 Å². The van der Waals surface area contributed by atoms with Gasteiger partial charge in [-0.3, -0.25) is 0 Å². The van der Waals surface area contributed by atoms with Crippen molar-refractivity contribution < 1.29 is 0 Å². The first-order valence-corrected chi connectivity index (χ1v) is 7.09. The number of fused-ring (bicyclic) bond motifs is 1. The topological polar surface area (TPSA) is 30.9 Å². The molecular weight excluding hydrogens is 220 g/mol. The molecule has 0 aliphatic carbocycles. The number of nitrogens with two attached hydrogens (primary N) is 1. The van der Waals surface area contributed by atoms with Crippen LogP contribution in [-0.2, 0) is 6.54 Å². The molecule has 0 spiro atoms. The van der Waals surface area contributed by atoms with Gasteiger partial charge >= 0.3 is 0 Å². The van der Waals surface area contributed by atoms with Gasteiger partial charge in [0.2, 0.25) is 0 Å². The Morgan fingerprint density at radius 3 is 2.78 bits per heavy atom. The van der Waals surface area contributed by atoms with Gasteiger partial charge in [0.25, 0.3) is 0 Å². The number of rotatable bonds is 6. The molecule has 0 aliphatic heterocycles. The summed E-state index contributed by atoms with van der Waals surface area (Å²) in [5.41, 5.74) is 8.19. The predicted molar refractivity (Wildman–Crippen MR) is 79.7 cm³/mol. The van der Waals surface area contributed by atoms with Gasteiger partial charge in [0, 0.05) is 18.1 Å². The molecule has 2 nitrogen and oxygen atoms in total. The summed E-state index contributed by atoms with van der Waals surface area (Å²) in [6, 6.07) is 8.32. The molecule has 0 bridgehead atoms. The average Bonchev–Trinajstić information content (AvgIpc) is 2.79. The van der Waals surface area contributed by atoms with Crippen LogP contribution in [0.1, 0.15) is 39.5 Å². The molecule has 1 heterocycles. The van der Waals surface area contributed by atoms with E-state index in [-0.39, 0.29) is 0 Å². The van der Waals surface area contributed by atoms with E-state index in [1.54, 1.807) is 0 Å². The van der Waals surface area contributed by atoms with Crippen molar-refractivity contribution in [2.45, 2.75) is 46.1 Å². The molecule has 2 aromatic rings. The highest BCUT2D eigenvalue weighted by Gasteiger charge is 2.10. The number of nitrogen functional groups attached to an aromatic ring is 1. The second-order valence-corrected chi connectivity index (χ2v) is 5.17. The fourth-order valence-electron chi connectivity index (χ4n) is 2.64. The first-order valence-electron chi connectivity index (χ1n) is 7.09. The summed E-state index contributed by atoms with van der Waals surface area (Å²) in [4.78, 5) is 0. The molecular formula is C16H24N2. The second kappa shape index (κ2) is 5.94. The Morgan fingerprint density at radius 1 is 1.22 bits per heavy atom. The van der Waals surface area contributed by atoms with E-state index >= 15 is 0 Å². The van der Waals surface area contributed by atoms with E-state index in [0.717, 1.165) is 18.2 Å². The molecule has 1 unspecified atom stereocenters. The van der Waals surface area contributed by atoms with E-state index in [2.05, 4.69) is 36.7 Å². The fourth-order valence-corrected chi connectivity index (χ4v) is 2.64. The molecule has 18 heavy (non-hydrogen) atoms. The van der Waals surface area contributed by atoms with Crippen LogP contribution in [0.2, 0.25) is 0 Å². The van der Waals surface area contributed by atoms with Crippen LogP contribution >= 0.6 is 0 Å². The molecule has 0 saturated carbocycles. The first-order chi connectivity index (χ1) is 8.76. The molecule has 0 aliphatic rings. The van der Waals surface area contributed by atoms with Crippen LogP contribution in [0.3, 0.4) is 0 Å².